The standard InChI is InChI=1S/C22H24N4O2S/c1-26-20(24-25-22(26)29-2)14-16-8-10-19(11-9-16)27-13-12-18-15-28-21(23-18)17-6-4-3-5-7-17/h3-11,15,20,24H,12-14H2,1-2H3. The molecule has 1 unspecified atom stereocenters. The highest BCUT2D eigenvalue weighted by atomic mass is 32.2. The van der Waals surface area contributed by atoms with Gasteiger partial charge in [-0.25, -0.2) is 4.98 Å². The van der Waals surface area contributed by atoms with Gasteiger partial charge in [-0.2, -0.15) is 5.10 Å². The molecular weight excluding hydrogens is 384 g/mol. The number of aromatic nitrogens is 1. The maximum Gasteiger partial charge on any atom is 0.226 e. The third kappa shape index (κ3) is 4.74. The molecular formula is C22H24N4O2S. The van der Waals surface area contributed by atoms with Crippen molar-refractivity contribution >= 4 is 16.9 Å². The van der Waals surface area contributed by atoms with Gasteiger partial charge in [0.15, 0.2) is 5.17 Å². The van der Waals surface area contributed by atoms with Gasteiger partial charge in [0.05, 0.1) is 12.3 Å². The average molecular weight is 409 g/mol. The third-order valence-electron chi connectivity index (χ3n) is 4.81. The van der Waals surface area contributed by atoms with E-state index in [2.05, 4.69) is 39.6 Å². The lowest BCUT2D eigenvalue weighted by atomic mass is 10.1. The SMILES string of the molecule is CSC1=NNC(Cc2ccc(OCCc3coc(-c4ccccc4)n3)cc2)N1C. The van der Waals surface area contributed by atoms with Crippen LogP contribution in [0.5, 0.6) is 5.75 Å². The summed E-state index contributed by atoms with van der Waals surface area (Å²) < 4.78 is 11.4. The molecule has 1 N–H and O–H groups in total. The first-order chi connectivity index (χ1) is 14.2. The number of likely N-dealkylation sites (N-methyl/N-ethyl adjacent to an activating group) is 1. The number of amidine groups is 1. The smallest absolute Gasteiger partial charge is 0.226 e. The Morgan fingerprint density at radius 3 is 2.66 bits per heavy atom. The molecule has 1 aliphatic heterocycles. The summed E-state index contributed by atoms with van der Waals surface area (Å²) in [6.45, 7) is 0.554. The van der Waals surface area contributed by atoms with E-state index in [4.69, 9.17) is 9.15 Å². The van der Waals surface area contributed by atoms with Crippen molar-refractivity contribution in [3.8, 4) is 17.2 Å². The second-order valence-electron chi connectivity index (χ2n) is 6.81. The summed E-state index contributed by atoms with van der Waals surface area (Å²) in [4.78, 5) is 6.70. The van der Waals surface area contributed by atoms with Crippen molar-refractivity contribution in [2.45, 2.75) is 19.0 Å². The molecule has 150 valence electrons. The lowest BCUT2D eigenvalue weighted by Gasteiger charge is -2.21. The molecule has 3 aromatic rings. The van der Waals surface area contributed by atoms with Crippen LogP contribution in [0.15, 0.2) is 70.4 Å². The zero-order valence-corrected chi connectivity index (χ0v) is 17.4. The summed E-state index contributed by atoms with van der Waals surface area (Å²) in [5.74, 6) is 1.50. The Labute approximate surface area is 175 Å². The molecule has 4 rings (SSSR count). The van der Waals surface area contributed by atoms with Crippen molar-refractivity contribution in [2.75, 3.05) is 19.9 Å². The van der Waals surface area contributed by atoms with Crippen molar-refractivity contribution in [1.82, 2.24) is 15.3 Å². The van der Waals surface area contributed by atoms with E-state index in [-0.39, 0.29) is 6.17 Å². The molecule has 0 spiro atoms. The molecule has 1 atom stereocenters. The predicted octanol–water partition coefficient (Wildman–Crippen LogP) is 4.00. The summed E-state index contributed by atoms with van der Waals surface area (Å²) >= 11 is 1.65. The number of rotatable bonds is 7. The topological polar surface area (TPSA) is 62.9 Å². The number of benzene rings is 2. The van der Waals surface area contributed by atoms with Crippen LogP contribution in [0.4, 0.5) is 0 Å². The fraction of sp³-hybridized carbons (Fsp3) is 0.273. The predicted molar refractivity (Wildman–Crippen MR) is 117 cm³/mol. The van der Waals surface area contributed by atoms with Crippen LogP contribution in [-0.2, 0) is 12.8 Å². The molecule has 0 bridgehead atoms. The van der Waals surface area contributed by atoms with E-state index < -0.39 is 0 Å². The summed E-state index contributed by atoms with van der Waals surface area (Å²) in [6.07, 6.45) is 5.50. The molecule has 0 saturated heterocycles. The van der Waals surface area contributed by atoms with Crippen LogP contribution in [0.1, 0.15) is 11.3 Å². The van der Waals surface area contributed by atoms with Crippen LogP contribution < -0.4 is 10.2 Å². The Hall–Kier alpha value is -2.93. The van der Waals surface area contributed by atoms with Crippen LogP contribution in [0.25, 0.3) is 11.5 Å². The molecule has 0 radical (unpaired) electrons. The molecule has 0 saturated carbocycles. The molecule has 1 aliphatic rings. The van der Waals surface area contributed by atoms with Gasteiger partial charge in [-0.15, -0.1) is 0 Å². The fourth-order valence-corrected chi connectivity index (χ4v) is 3.71. The number of ether oxygens (including phenoxy) is 1. The Morgan fingerprint density at radius 1 is 1.14 bits per heavy atom. The van der Waals surface area contributed by atoms with Crippen LogP contribution in [0, 0.1) is 0 Å². The van der Waals surface area contributed by atoms with Crippen molar-refractivity contribution in [3.05, 3.63) is 72.1 Å². The fourth-order valence-electron chi connectivity index (χ4n) is 3.15. The molecule has 0 fully saturated rings. The number of hydrazone groups is 1. The van der Waals surface area contributed by atoms with Crippen molar-refractivity contribution < 1.29 is 9.15 Å². The molecule has 29 heavy (non-hydrogen) atoms. The number of oxazole rings is 1. The molecule has 2 heterocycles. The average Bonchev–Trinajstić information content (AvgIpc) is 3.37. The van der Waals surface area contributed by atoms with E-state index in [1.165, 1.54) is 5.56 Å². The van der Waals surface area contributed by atoms with Gasteiger partial charge in [-0.3, -0.25) is 5.43 Å². The highest BCUT2D eigenvalue weighted by molar-refractivity contribution is 8.13. The third-order valence-corrected chi connectivity index (χ3v) is 5.56. The molecule has 7 heteroatoms. The lowest BCUT2D eigenvalue weighted by Crippen LogP contribution is -2.37. The maximum absolute atomic E-state index is 5.87. The first-order valence-electron chi connectivity index (χ1n) is 9.54. The minimum Gasteiger partial charge on any atom is -0.493 e. The number of nitrogens with zero attached hydrogens (tertiary/aromatic N) is 3. The van der Waals surface area contributed by atoms with Gasteiger partial charge in [0.1, 0.15) is 18.2 Å². The first kappa shape index (κ1) is 19.4. The molecule has 6 nitrogen and oxygen atoms in total. The van der Waals surface area contributed by atoms with Crippen molar-refractivity contribution in [1.29, 1.82) is 0 Å². The number of thioether (sulfide) groups is 1. The number of hydrogen-bond acceptors (Lipinski definition) is 7. The maximum atomic E-state index is 5.87. The number of nitrogens with one attached hydrogen (secondary N) is 1. The minimum atomic E-state index is 0.190. The molecule has 1 aromatic heterocycles. The van der Waals surface area contributed by atoms with Crippen molar-refractivity contribution in [3.63, 3.8) is 0 Å². The summed E-state index contributed by atoms with van der Waals surface area (Å²) in [7, 11) is 2.06. The minimum absolute atomic E-state index is 0.190. The highest BCUT2D eigenvalue weighted by Crippen LogP contribution is 2.20. The van der Waals surface area contributed by atoms with Crippen LogP contribution in [-0.4, -0.2) is 41.1 Å². The van der Waals surface area contributed by atoms with Gasteiger partial charge in [0, 0.05) is 25.5 Å². The lowest BCUT2D eigenvalue weighted by molar-refractivity contribution is 0.320. The van der Waals surface area contributed by atoms with Crippen LogP contribution in [0.3, 0.4) is 0 Å². The van der Waals surface area contributed by atoms with E-state index in [0.717, 1.165) is 28.6 Å². The zero-order valence-electron chi connectivity index (χ0n) is 16.5. The van der Waals surface area contributed by atoms with Crippen LogP contribution >= 0.6 is 11.8 Å². The Bertz CT molecular complexity index is 956. The van der Waals surface area contributed by atoms with Gasteiger partial charge in [-0.05, 0) is 36.1 Å². The summed E-state index contributed by atoms with van der Waals surface area (Å²) in [5.41, 5.74) is 6.29. The van der Waals surface area contributed by atoms with E-state index in [0.29, 0.717) is 18.9 Å². The van der Waals surface area contributed by atoms with Gasteiger partial charge < -0.3 is 14.1 Å². The second kappa shape index (κ2) is 9.05. The van der Waals surface area contributed by atoms with Gasteiger partial charge in [-0.1, -0.05) is 42.1 Å². The first-order valence-corrected chi connectivity index (χ1v) is 10.8. The van der Waals surface area contributed by atoms with E-state index >= 15 is 0 Å². The molecule has 2 aromatic carbocycles. The monoisotopic (exact) mass is 408 g/mol. The highest BCUT2D eigenvalue weighted by Gasteiger charge is 2.23. The van der Waals surface area contributed by atoms with Crippen LogP contribution in [0.2, 0.25) is 0 Å². The zero-order chi connectivity index (χ0) is 20.1. The Kier molecular flexibility index (Phi) is 6.05. The largest absolute Gasteiger partial charge is 0.493 e. The molecule has 0 amide bonds. The molecule has 0 aliphatic carbocycles. The van der Waals surface area contributed by atoms with Gasteiger partial charge in [0.2, 0.25) is 5.89 Å². The Morgan fingerprint density at radius 2 is 1.93 bits per heavy atom. The summed E-state index contributed by atoms with van der Waals surface area (Å²) in [6, 6.07) is 18.1. The Balaban J connectivity index is 1.25. The normalized spacial score (nSPS) is 15.9. The van der Waals surface area contributed by atoms with E-state index in [1.807, 2.05) is 48.7 Å². The quantitative estimate of drug-likeness (QED) is 0.638. The van der Waals surface area contributed by atoms with Crippen molar-refractivity contribution in [2.24, 2.45) is 5.10 Å². The van der Waals surface area contributed by atoms with Gasteiger partial charge >= 0.3 is 0 Å². The number of hydrogen-bond donors (Lipinski definition) is 1. The van der Waals surface area contributed by atoms with Gasteiger partial charge in [0.25, 0.3) is 0 Å². The van der Waals surface area contributed by atoms with E-state index in [1.54, 1.807) is 18.0 Å². The van der Waals surface area contributed by atoms with E-state index in [9.17, 15) is 0 Å². The summed E-state index contributed by atoms with van der Waals surface area (Å²) in [5, 5.41) is 5.35. The second-order valence-corrected chi connectivity index (χ2v) is 7.58.